The van der Waals surface area contributed by atoms with E-state index < -0.39 is 10.0 Å². The van der Waals surface area contributed by atoms with E-state index in [1.165, 1.54) is 0 Å². The molecule has 6 heteroatoms. The van der Waals surface area contributed by atoms with Crippen molar-refractivity contribution in [2.24, 2.45) is 0 Å². The standard InChI is InChI=1S/C18H21ClN2O2S/c1-13-6-8-15(9-7-13)24(22,23)21-12-4-3-5-17(21)16-10-11-18(19)20-14(16)2/h6-11,17H,3-5,12H2,1-2H3. The maximum Gasteiger partial charge on any atom is 0.243 e. The first-order valence-electron chi connectivity index (χ1n) is 8.11. The van der Waals surface area contributed by atoms with Crippen LogP contribution in [0.3, 0.4) is 0 Å². The van der Waals surface area contributed by atoms with Gasteiger partial charge in [0.15, 0.2) is 0 Å². The first kappa shape index (κ1) is 17.4. The molecule has 1 aliphatic rings. The van der Waals surface area contributed by atoms with E-state index >= 15 is 0 Å². The summed E-state index contributed by atoms with van der Waals surface area (Å²) in [5.41, 5.74) is 2.77. The molecule has 1 saturated heterocycles. The van der Waals surface area contributed by atoms with Crippen LogP contribution in [0.25, 0.3) is 0 Å². The van der Waals surface area contributed by atoms with Gasteiger partial charge in [0.1, 0.15) is 5.15 Å². The van der Waals surface area contributed by atoms with Crippen molar-refractivity contribution in [3.05, 3.63) is 58.4 Å². The van der Waals surface area contributed by atoms with Crippen LogP contribution in [0.2, 0.25) is 5.15 Å². The van der Waals surface area contributed by atoms with Crippen LogP contribution < -0.4 is 0 Å². The van der Waals surface area contributed by atoms with Gasteiger partial charge in [-0.05, 0) is 50.5 Å². The van der Waals surface area contributed by atoms with Gasteiger partial charge in [0.05, 0.1) is 10.9 Å². The molecule has 2 heterocycles. The molecule has 1 atom stereocenters. The topological polar surface area (TPSA) is 50.3 Å². The maximum absolute atomic E-state index is 13.1. The third-order valence-electron chi connectivity index (χ3n) is 4.53. The quantitative estimate of drug-likeness (QED) is 0.764. The highest BCUT2D eigenvalue weighted by atomic mass is 35.5. The van der Waals surface area contributed by atoms with Crippen molar-refractivity contribution in [3.63, 3.8) is 0 Å². The fraction of sp³-hybridized carbons (Fsp3) is 0.389. The first-order valence-corrected chi connectivity index (χ1v) is 9.93. The lowest BCUT2D eigenvalue weighted by Gasteiger charge is -2.35. The second-order valence-corrected chi connectivity index (χ2v) is 8.53. The summed E-state index contributed by atoms with van der Waals surface area (Å²) in [6.45, 7) is 4.36. The van der Waals surface area contributed by atoms with Gasteiger partial charge >= 0.3 is 0 Å². The van der Waals surface area contributed by atoms with Gasteiger partial charge in [-0.1, -0.05) is 41.8 Å². The fourth-order valence-electron chi connectivity index (χ4n) is 3.24. The van der Waals surface area contributed by atoms with Crippen molar-refractivity contribution in [1.82, 2.24) is 9.29 Å². The molecular weight excluding hydrogens is 344 g/mol. The monoisotopic (exact) mass is 364 g/mol. The largest absolute Gasteiger partial charge is 0.243 e. The van der Waals surface area contributed by atoms with Gasteiger partial charge in [-0.15, -0.1) is 0 Å². The molecule has 0 saturated carbocycles. The highest BCUT2D eigenvalue weighted by Gasteiger charge is 2.35. The van der Waals surface area contributed by atoms with Crippen molar-refractivity contribution in [2.75, 3.05) is 6.54 Å². The second kappa shape index (κ2) is 6.82. The Morgan fingerprint density at radius 3 is 2.46 bits per heavy atom. The number of sulfonamides is 1. The van der Waals surface area contributed by atoms with E-state index in [-0.39, 0.29) is 6.04 Å². The summed E-state index contributed by atoms with van der Waals surface area (Å²) in [6, 6.07) is 10.5. The molecule has 0 aliphatic carbocycles. The molecule has 1 aromatic heterocycles. The minimum absolute atomic E-state index is 0.185. The fourth-order valence-corrected chi connectivity index (χ4v) is 5.11. The number of benzene rings is 1. The summed E-state index contributed by atoms with van der Waals surface area (Å²) in [5, 5.41) is 0.431. The van der Waals surface area contributed by atoms with Crippen molar-refractivity contribution in [2.45, 2.75) is 44.0 Å². The lowest BCUT2D eigenvalue weighted by atomic mass is 9.97. The number of hydrogen-bond acceptors (Lipinski definition) is 3. The predicted octanol–water partition coefficient (Wildman–Crippen LogP) is 4.27. The third-order valence-corrected chi connectivity index (χ3v) is 6.67. The van der Waals surface area contributed by atoms with Crippen LogP contribution in [-0.2, 0) is 10.0 Å². The van der Waals surface area contributed by atoms with Gasteiger partial charge < -0.3 is 0 Å². The molecule has 3 rings (SSSR count). The second-order valence-electron chi connectivity index (χ2n) is 6.25. The number of halogens is 1. The number of nitrogens with zero attached hydrogens (tertiary/aromatic N) is 2. The van der Waals surface area contributed by atoms with Crippen molar-refractivity contribution < 1.29 is 8.42 Å². The van der Waals surface area contributed by atoms with Gasteiger partial charge in [-0.3, -0.25) is 0 Å². The van der Waals surface area contributed by atoms with E-state index in [1.54, 1.807) is 22.5 Å². The van der Waals surface area contributed by atoms with Crippen LogP contribution in [0, 0.1) is 13.8 Å². The molecule has 0 spiro atoms. The normalized spacial score (nSPS) is 19.4. The number of piperidine rings is 1. The van der Waals surface area contributed by atoms with E-state index in [1.807, 2.05) is 32.0 Å². The molecule has 128 valence electrons. The van der Waals surface area contributed by atoms with Gasteiger partial charge in [0.25, 0.3) is 0 Å². The molecular formula is C18H21ClN2O2S. The van der Waals surface area contributed by atoms with Crippen molar-refractivity contribution in [3.8, 4) is 0 Å². The van der Waals surface area contributed by atoms with Crippen LogP contribution in [0.4, 0.5) is 0 Å². The number of aryl methyl sites for hydroxylation is 2. The Kier molecular flexibility index (Phi) is 4.95. The average molecular weight is 365 g/mol. The molecule has 1 unspecified atom stereocenters. The maximum atomic E-state index is 13.1. The van der Waals surface area contributed by atoms with Crippen LogP contribution in [0.15, 0.2) is 41.3 Å². The molecule has 0 bridgehead atoms. The average Bonchev–Trinajstić information content (AvgIpc) is 2.55. The number of pyridine rings is 1. The molecule has 1 fully saturated rings. The summed E-state index contributed by atoms with van der Waals surface area (Å²) >= 11 is 5.95. The van der Waals surface area contributed by atoms with Crippen LogP contribution in [0.1, 0.15) is 42.1 Å². The zero-order valence-corrected chi connectivity index (χ0v) is 15.4. The lowest BCUT2D eigenvalue weighted by molar-refractivity contribution is 0.255. The van der Waals surface area contributed by atoms with E-state index in [0.717, 1.165) is 36.1 Å². The highest BCUT2D eigenvalue weighted by Crippen LogP contribution is 2.36. The summed E-state index contributed by atoms with van der Waals surface area (Å²) in [5.74, 6) is 0. The Bertz CT molecular complexity index is 835. The van der Waals surface area contributed by atoms with Crippen LogP contribution >= 0.6 is 11.6 Å². The smallest absolute Gasteiger partial charge is 0.241 e. The minimum atomic E-state index is -3.53. The molecule has 2 aromatic rings. The minimum Gasteiger partial charge on any atom is -0.241 e. The molecule has 0 N–H and O–H groups in total. The lowest BCUT2D eigenvalue weighted by Crippen LogP contribution is -2.38. The zero-order valence-electron chi connectivity index (χ0n) is 13.9. The SMILES string of the molecule is Cc1ccc(S(=O)(=O)N2CCCCC2c2ccc(Cl)nc2C)cc1. The molecule has 24 heavy (non-hydrogen) atoms. The number of aromatic nitrogens is 1. The number of rotatable bonds is 3. The molecule has 0 amide bonds. The zero-order chi connectivity index (χ0) is 17.3. The molecule has 0 radical (unpaired) electrons. The Morgan fingerprint density at radius 2 is 1.79 bits per heavy atom. The predicted molar refractivity (Wildman–Crippen MR) is 95.6 cm³/mol. The Labute approximate surface area is 148 Å². The highest BCUT2D eigenvalue weighted by molar-refractivity contribution is 7.89. The van der Waals surface area contributed by atoms with Crippen molar-refractivity contribution in [1.29, 1.82) is 0 Å². The summed E-state index contributed by atoms with van der Waals surface area (Å²) in [7, 11) is -3.53. The van der Waals surface area contributed by atoms with Gasteiger partial charge in [-0.25, -0.2) is 13.4 Å². The Balaban J connectivity index is 2.01. The first-order chi connectivity index (χ1) is 11.4. The van der Waals surface area contributed by atoms with Gasteiger partial charge in [-0.2, -0.15) is 4.31 Å². The van der Waals surface area contributed by atoms with E-state index in [9.17, 15) is 8.42 Å². The van der Waals surface area contributed by atoms with Gasteiger partial charge in [0, 0.05) is 12.2 Å². The third kappa shape index (κ3) is 3.34. The van der Waals surface area contributed by atoms with Gasteiger partial charge in [0.2, 0.25) is 10.0 Å². The summed E-state index contributed by atoms with van der Waals surface area (Å²) in [6.07, 6.45) is 2.68. The molecule has 1 aliphatic heterocycles. The van der Waals surface area contributed by atoms with Crippen molar-refractivity contribution >= 4 is 21.6 Å². The summed E-state index contributed by atoms with van der Waals surface area (Å²) < 4.78 is 27.9. The van der Waals surface area contributed by atoms with Crippen LogP contribution in [-0.4, -0.2) is 24.3 Å². The summed E-state index contributed by atoms with van der Waals surface area (Å²) in [4.78, 5) is 4.64. The molecule has 1 aromatic carbocycles. The Morgan fingerprint density at radius 1 is 1.08 bits per heavy atom. The van der Waals surface area contributed by atoms with Crippen LogP contribution in [0.5, 0.6) is 0 Å². The Hall–Kier alpha value is -1.43. The van der Waals surface area contributed by atoms with E-state index in [2.05, 4.69) is 4.98 Å². The molecule has 4 nitrogen and oxygen atoms in total. The van der Waals surface area contributed by atoms with E-state index in [4.69, 9.17) is 11.6 Å². The van der Waals surface area contributed by atoms with E-state index in [0.29, 0.717) is 16.6 Å². The number of hydrogen-bond donors (Lipinski definition) is 0.